The number of nitrogens with one attached hydrogen (secondary N) is 1. The molecule has 0 saturated carbocycles. The van der Waals surface area contributed by atoms with Crippen LogP contribution in [0.2, 0.25) is 0 Å². The van der Waals surface area contributed by atoms with Crippen molar-refractivity contribution in [3.8, 4) is 0 Å². The third-order valence-electron chi connectivity index (χ3n) is 3.68. The van der Waals surface area contributed by atoms with Gasteiger partial charge in [-0.1, -0.05) is 24.3 Å². The molecule has 19 heavy (non-hydrogen) atoms. The van der Waals surface area contributed by atoms with Gasteiger partial charge in [0.2, 0.25) is 0 Å². The van der Waals surface area contributed by atoms with Crippen LogP contribution >= 0.6 is 0 Å². The molecule has 0 radical (unpaired) electrons. The standard InChI is InChI=1S/C15H16N2O2/c18-15(19)14(13-6-3-8-16-13)17-9-7-11-4-1-2-5-12(11)10-17/h1-6,8,14,16H,7,9-10H2,(H,18,19). The Morgan fingerprint density at radius 3 is 2.68 bits per heavy atom. The van der Waals surface area contributed by atoms with E-state index >= 15 is 0 Å². The fraction of sp³-hybridized carbons (Fsp3) is 0.267. The molecule has 1 unspecified atom stereocenters. The second-order valence-electron chi connectivity index (χ2n) is 4.86. The average molecular weight is 256 g/mol. The summed E-state index contributed by atoms with van der Waals surface area (Å²) < 4.78 is 0. The van der Waals surface area contributed by atoms with E-state index in [1.54, 1.807) is 6.20 Å². The molecular formula is C15H16N2O2. The van der Waals surface area contributed by atoms with Crippen molar-refractivity contribution in [3.05, 3.63) is 59.4 Å². The van der Waals surface area contributed by atoms with Crippen molar-refractivity contribution in [2.24, 2.45) is 0 Å². The summed E-state index contributed by atoms with van der Waals surface area (Å²) in [4.78, 5) is 16.6. The monoisotopic (exact) mass is 256 g/mol. The minimum atomic E-state index is -0.804. The van der Waals surface area contributed by atoms with Gasteiger partial charge in [0.05, 0.1) is 0 Å². The molecule has 3 rings (SSSR count). The fourth-order valence-electron chi connectivity index (χ4n) is 2.74. The van der Waals surface area contributed by atoms with E-state index in [1.165, 1.54) is 11.1 Å². The van der Waals surface area contributed by atoms with Crippen LogP contribution in [0.25, 0.3) is 0 Å². The number of hydrogen-bond donors (Lipinski definition) is 2. The van der Waals surface area contributed by atoms with E-state index in [-0.39, 0.29) is 0 Å². The van der Waals surface area contributed by atoms with Crippen LogP contribution in [0.3, 0.4) is 0 Å². The zero-order valence-electron chi connectivity index (χ0n) is 10.5. The minimum Gasteiger partial charge on any atom is -0.480 e. The highest BCUT2D eigenvalue weighted by Gasteiger charge is 2.30. The molecule has 1 aromatic heterocycles. The quantitative estimate of drug-likeness (QED) is 0.885. The van der Waals surface area contributed by atoms with Crippen LogP contribution in [-0.2, 0) is 17.8 Å². The van der Waals surface area contributed by atoms with Crippen LogP contribution in [0.5, 0.6) is 0 Å². The predicted molar refractivity (Wildman–Crippen MR) is 71.7 cm³/mol. The molecule has 4 nitrogen and oxygen atoms in total. The SMILES string of the molecule is O=C(O)C(c1ccc[nH]1)N1CCc2ccccc2C1. The zero-order valence-corrected chi connectivity index (χ0v) is 10.5. The van der Waals surface area contributed by atoms with Crippen molar-refractivity contribution < 1.29 is 9.90 Å². The average Bonchev–Trinajstić information content (AvgIpc) is 2.92. The first-order chi connectivity index (χ1) is 9.25. The Morgan fingerprint density at radius 1 is 1.21 bits per heavy atom. The van der Waals surface area contributed by atoms with E-state index in [4.69, 9.17) is 0 Å². The van der Waals surface area contributed by atoms with Crippen molar-refractivity contribution in [2.45, 2.75) is 19.0 Å². The highest BCUT2D eigenvalue weighted by molar-refractivity contribution is 5.75. The lowest BCUT2D eigenvalue weighted by Crippen LogP contribution is -2.38. The number of aromatic nitrogens is 1. The molecular weight excluding hydrogens is 240 g/mol. The second kappa shape index (κ2) is 4.90. The molecule has 4 heteroatoms. The van der Waals surface area contributed by atoms with Gasteiger partial charge in [-0.15, -0.1) is 0 Å². The maximum Gasteiger partial charge on any atom is 0.327 e. The van der Waals surface area contributed by atoms with Crippen LogP contribution in [0.1, 0.15) is 22.9 Å². The molecule has 2 aromatic rings. The Balaban J connectivity index is 1.88. The molecule has 1 aliphatic rings. The second-order valence-corrected chi connectivity index (χ2v) is 4.86. The first kappa shape index (κ1) is 12.0. The molecule has 0 bridgehead atoms. The molecule has 2 heterocycles. The van der Waals surface area contributed by atoms with Crippen molar-refractivity contribution in [1.82, 2.24) is 9.88 Å². The number of hydrogen-bond acceptors (Lipinski definition) is 2. The maximum absolute atomic E-state index is 11.5. The first-order valence-corrected chi connectivity index (χ1v) is 6.42. The number of rotatable bonds is 3. The van der Waals surface area contributed by atoms with Gasteiger partial charge in [0.25, 0.3) is 0 Å². The van der Waals surface area contributed by atoms with E-state index in [2.05, 4.69) is 17.1 Å². The number of nitrogens with zero attached hydrogens (tertiary/aromatic N) is 1. The van der Waals surface area contributed by atoms with Crippen LogP contribution < -0.4 is 0 Å². The molecule has 0 spiro atoms. The van der Waals surface area contributed by atoms with Crippen LogP contribution in [0, 0.1) is 0 Å². The summed E-state index contributed by atoms with van der Waals surface area (Å²) in [7, 11) is 0. The summed E-state index contributed by atoms with van der Waals surface area (Å²) >= 11 is 0. The Bertz CT molecular complexity index is 578. The molecule has 0 fully saturated rings. The van der Waals surface area contributed by atoms with Crippen LogP contribution in [0.4, 0.5) is 0 Å². The van der Waals surface area contributed by atoms with E-state index in [9.17, 15) is 9.90 Å². The van der Waals surface area contributed by atoms with Gasteiger partial charge in [-0.3, -0.25) is 9.69 Å². The highest BCUT2D eigenvalue weighted by Crippen LogP contribution is 2.27. The summed E-state index contributed by atoms with van der Waals surface area (Å²) in [5, 5.41) is 9.48. The number of aliphatic carboxylic acids is 1. The number of carbonyl (C=O) groups is 1. The van der Waals surface area contributed by atoms with Crippen molar-refractivity contribution >= 4 is 5.97 Å². The van der Waals surface area contributed by atoms with Gasteiger partial charge in [-0.2, -0.15) is 0 Å². The van der Waals surface area contributed by atoms with Crippen LogP contribution in [-0.4, -0.2) is 27.5 Å². The third kappa shape index (κ3) is 2.27. The van der Waals surface area contributed by atoms with Crippen molar-refractivity contribution in [2.75, 3.05) is 6.54 Å². The van der Waals surface area contributed by atoms with Gasteiger partial charge in [-0.25, -0.2) is 0 Å². The van der Waals surface area contributed by atoms with Gasteiger partial charge < -0.3 is 10.1 Å². The Morgan fingerprint density at radius 2 is 2.00 bits per heavy atom. The van der Waals surface area contributed by atoms with Crippen molar-refractivity contribution in [1.29, 1.82) is 0 Å². The summed E-state index contributed by atoms with van der Waals surface area (Å²) in [6.07, 6.45) is 2.67. The number of benzene rings is 1. The third-order valence-corrected chi connectivity index (χ3v) is 3.68. The number of fused-ring (bicyclic) bond motifs is 1. The number of carboxylic acid groups (broad SMARTS) is 1. The van der Waals surface area contributed by atoms with Gasteiger partial charge >= 0.3 is 5.97 Å². The highest BCUT2D eigenvalue weighted by atomic mass is 16.4. The maximum atomic E-state index is 11.5. The molecule has 1 atom stereocenters. The molecule has 0 amide bonds. The molecule has 98 valence electrons. The Hall–Kier alpha value is -2.07. The molecule has 2 N–H and O–H groups in total. The first-order valence-electron chi connectivity index (χ1n) is 6.42. The molecule has 0 saturated heterocycles. The number of aromatic amines is 1. The smallest absolute Gasteiger partial charge is 0.327 e. The topological polar surface area (TPSA) is 56.3 Å². The van der Waals surface area contributed by atoms with E-state index in [0.29, 0.717) is 6.54 Å². The minimum absolute atomic E-state index is 0.594. The predicted octanol–water partition coefficient (Wildman–Crippen LogP) is 2.20. The zero-order chi connectivity index (χ0) is 13.2. The number of H-pyrrole nitrogens is 1. The molecule has 0 aliphatic carbocycles. The van der Waals surface area contributed by atoms with Gasteiger partial charge in [0.1, 0.15) is 6.04 Å². The largest absolute Gasteiger partial charge is 0.480 e. The van der Waals surface area contributed by atoms with Crippen LogP contribution in [0.15, 0.2) is 42.6 Å². The molecule has 1 aromatic carbocycles. The lowest BCUT2D eigenvalue weighted by Gasteiger charge is -2.32. The van der Waals surface area contributed by atoms with Gasteiger partial charge in [0, 0.05) is 25.0 Å². The fourth-order valence-corrected chi connectivity index (χ4v) is 2.74. The van der Waals surface area contributed by atoms with E-state index < -0.39 is 12.0 Å². The summed E-state index contributed by atoms with van der Waals surface area (Å²) in [5.74, 6) is -0.804. The normalized spacial score (nSPS) is 16.8. The Labute approximate surface area is 111 Å². The van der Waals surface area contributed by atoms with E-state index in [1.807, 2.05) is 29.2 Å². The van der Waals surface area contributed by atoms with Gasteiger partial charge in [0.15, 0.2) is 0 Å². The van der Waals surface area contributed by atoms with E-state index in [0.717, 1.165) is 18.7 Å². The summed E-state index contributed by atoms with van der Waals surface area (Å²) in [6.45, 7) is 1.46. The Kier molecular flexibility index (Phi) is 3.09. The summed E-state index contributed by atoms with van der Waals surface area (Å²) in [5.41, 5.74) is 3.30. The number of carboxylic acids is 1. The van der Waals surface area contributed by atoms with Gasteiger partial charge in [-0.05, 0) is 29.7 Å². The molecule has 1 aliphatic heterocycles. The lowest BCUT2D eigenvalue weighted by atomic mass is 9.98. The summed E-state index contributed by atoms with van der Waals surface area (Å²) in [6, 6.07) is 11.3. The van der Waals surface area contributed by atoms with Crippen molar-refractivity contribution in [3.63, 3.8) is 0 Å². The lowest BCUT2D eigenvalue weighted by molar-refractivity contribution is -0.144.